The number of halogens is 4. The van der Waals surface area contributed by atoms with Crippen LogP contribution in [0.25, 0.3) is 0 Å². The van der Waals surface area contributed by atoms with Crippen molar-refractivity contribution in [2.24, 2.45) is 4.99 Å². The van der Waals surface area contributed by atoms with Gasteiger partial charge in [0.1, 0.15) is 6.54 Å². The molecule has 1 aromatic rings. The largest absolute Gasteiger partial charge is 0.390 e. The predicted octanol–water partition coefficient (Wildman–Crippen LogP) is 2.76. The van der Waals surface area contributed by atoms with Crippen molar-refractivity contribution in [1.82, 2.24) is 15.5 Å². The Balaban J connectivity index is 0.00000312. The van der Waals surface area contributed by atoms with Gasteiger partial charge in [-0.1, -0.05) is 0 Å². The molecule has 142 valence electrons. The molecule has 1 aliphatic rings. The quantitative estimate of drug-likeness (QED) is 0.379. The van der Waals surface area contributed by atoms with Crippen LogP contribution >= 0.6 is 35.3 Å². The van der Waals surface area contributed by atoms with Gasteiger partial charge in [0.2, 0.25) is 5.91 Å². The van der Waals surface area contributed by atoms with Crippen molar-refractivity contribution < 1.29 is 18.0 Å². The lowest BCUT2D eigenvalue weighted by atomic mass is 10.1. The minimum Gasteiger partial charge on any atom is -0.357 e. The number of alkyl halides is 3. The topological polar surface area (TPSA) is 56.7 Å². The average molecular weight is 490 g/mol. The van der Waals surface area contributed by atoms with Gasteiger partial charge in [0.05, 0.1) is 6.42 Å². The summed E-state index contributed by atoms with van der Waals surface area (Å²) in [5.41, 5.74) is 1.17. The molecule has 2 N–H and O–H groups in total. The zero-order valence-corrected chi connectivity index (χ0v) is 17.0. The Morgan fingerprint density at radius 3 is 2.84 bits per heavy atom. The van der Waals surface area contributed by atoms with Crippen LogP contribution in [0.5, 0.6) is 0 Å². The first-order valence-corrected chi connectivity index (χ1v) is 8.69. The minimum atomic E-state index is -4.22. The van der Waals surface area contributed by atoms with E-state index in [2.05, 4.69) is 15.6 Å². The second kappa shape index (κ2) is 10.2. The average Bonchev–Trinajstić information content (AvgIpc) is 2.98. The van der Waals surface area contributed by atoms with Crippen LogP contribution in [0.3, 0.4) is 0 Å². The maximum atomic E-state index is 12.3. The lowest BCUT2D eigenvalue weighted by molar-refractivity contribution is -0.133. The third-order valence-corrected chi connectivity index (χ3v) is 4.60. The molecule has 0 fully saturated rings. The Kier molecular flexibility index (Phi) is 8.97. The second-order valence-corrected chi connectivity index (χ2v) is 6.42. The summed E-state index contributed by atoms with van der Waals surface area (Å²) in [7, 11) is 0. The van der Waals surface area contributed by atoms with E-state index in [0.717, 1.165) is 6.42 Å². The van der Waals surface area contributed by atoms with Crippen LogP contribution in [0.1, 0.15) is 23.8 Å². The van der Waals surface area contributed by atoms with Crippen LogP contribution in [0.15, 0.2) is 16.4 Å². The van der Waals surface area contributed by atoms with E-state index >= 15 is 0 Å². The summed E-state index contributed by atoms with van der Waals surface area (Å²) < 4.78 is 36.5. The van der Waals surface area contributed by atoms with Crippen LogP contribution in [0.2, 0.25) is 0 Å². The molecule has 0 aromatic carbocycles. The fraction of sp³-hybridized carbons (Fsp3) is 0.600. The second-order valence-electron chi connectivity index (χ2n) is 5.42. The SMILES string of the molecule is CCNC(=NCC(=O)N1CCc2sccc2C1)NCCC(F)(F)F.I. The third kappa shape index (κ3) is 7.38. The Morgan fingerprint density at radius 1 is 1.40 bits per heavy atom. The minimum absolute atomic E-state index is 0. The molecule has 5 nitrogen and oxygen atoms in total. The summed E-state index contributed by atoms with van der Waals surface area (Å²) >= 11 is 1.70. The van der Waals surface area contributed by atoms with Gasteiger partial charge in [0.15, 0.2) is 5.96 Å². The lowest BCUT2D eigenvalue weighted by Crippen LogP contribution is -2.41. The van der Waals surface area contributed by atoms with E-state index in [1.54, 1.807) is 16.2 Å². The Labute approximate surface area is 166 Å². The van der Waals surface area contributed by atoms with Gasteiger partial charge in [0.25, 0.3) is 0 Å². The number of carbonyl (C=O) groups excluding carboxylic acids is 1. The van der Waals surface area contributed by atoms with Gasteiger partial charge in [-0.25, -0.2) is 4.99 Å². The number of fused-ring (bicyclic) bond motifs is 1. The smallest absolute Gasteiger partial charge is 0.357 e. The highest BCUT2D eigenvalue weighted by Crippen LogP contribution is 2.23. The van der Waals surface area contributed by atoms with E-state index < -0.39 is 12.6 Å². The molecule has 0 unspecified atom stereocenters. The van der Waals surface area contributed by atoms with Gasteiger partial charge in [0, 0.05) is 31.1 Å². The molecule has 2 heterocycles. The van der Waals surface area contributed by atoms with Gasteiger partial charge in [-0.2, -0.15) is 13.2 Å². The molecule has 1 aromatic heterocycles. The number of rotatable bonds is 5. The molecule has 0 atom stereocenters. The molecule has 0 aliphatic carbocycles. The van der Waals surface area contributed by atoms with Gasteiger partial charge in [-0.05, 0) is 30.4 Å². The first-order chi connectivity index (χ1) is 11.4. The molecule has 0 spiro atoms. The summed E-state index contributed by atoms with van der Waals surface area (Å²) in [6, 6.07) is 2.02. The van der Waals surface area contributed by atoms with E-state index in [0.29, 0.717) is 19.6 Å². The lowest BCUT2D eigenvalue weighted by Gasteiger charge is -2.26. The van der Waals surface area contributed by atoms with E-state index in [4.69, 9.17) is 0 Å². The number of amides is 1. The van der Waals surface area contributed by atoms with Crippen LogP contribution in [-0.4, -0.2) is 49.1 Å². The van der Waals surface area contributed by atoms with Crippen molar-refractivity contribution in [3.8, 4) is 0 Å². The molecular weight excluding hydrogens is 468 g/mol. The van der Waals surface area contributed by atoms with Crippen molar-refractivity contribution >= 4 is 47.2 Å². The predicted molar refractivity (Wildman–Crippen MR) is 104 cm³/mol. The van der Waals surface area contributed by atoms with Crippen molar-refractivity contribution in [2.75, 3.05) is 26.2 Å². The Morgan fingerprint density at radius 2 is 2.16 bits per heavy atom. The van der Waals surface area contributed by atoms with Crippen molar-refractivity contribution in [3.63, 3.8) is 0 Å². The zero-order valence-electron chi connectivity index (χ0n) is 13.9. The standard InChI is InChI=1S/C15H21F3N4OS.HI/c1-2-19-14(20-6-5-15(16,17)18)21-9-13(23)22-7-3-12-11(10-22)4-8-24-12;/h4,8H,2-3,5-7,9-10H2,1H3,(H2,19,20,21);1H. The van der Waals surface area contributed by atoms with E-state index in [9.17, 15) is 18.0 Å². The van der Waals surface area contributed by atoms with E-state index in [1.165, 1.54) is 10.4 Å². The molecule has 25 heavy (non-hydrogen) atoms. The maximum Gasteiger partial charge on any atom is 0.390 e. The number of nitrogens with one attached hydrogen (secondary N) is 2. The summed E-state index contributed by atoms with van der Waals surface area (Å²) in [4.78, 5) is 19.4. The first-order valence-electron chi connectivity index (χ1n) is 7.81. The number of hydrogen-bond donors (Lipinski definition) is 2. The number of nitrogens with zero attached hydrogens (tertiary/aromatic N) is 2. The molecule has 0 saturated heterocycles. The van der Waals surface area contributed by atoms with Crippen LogP contribution in [0.4, 0.5) is 13.2 Å². The zero-order chi connectivity index (χ0) is 17.6. The highest BCUT2D eigenvalue weighted by Gasteiger charge is 2.26. The Bertz CT molecular complexity index is 592. The van der Waals surface area contributed by atoms with Gasteiger partial charge < -0.3 is 15.5 Å². The third-order valence-electron chi connectivity index (χ3n) is 3.58. The number of aliphatic imine (C=N–C) groups is 1. The molecule has 0 bridgehead atoms. The number of guanidine groups is 1. The van der Waals surface area contributed by atoms with Crippen molar-refractivity contribution in [3.05, 3.63) is 21.9 Å². The van der Waals surface area contributed by atoms with Crippen LogP contribution < -0.4 is 10.6 Å². The fourth-order valence-electron chi connectivity index (χ4n) is 2.37. The molecule has 1 aliphatic heterocycles. The molecule has 2 rings (SSSR count). The summed E-state index contributed by atoms with van der Waals surface area (Å²) in [6.45, 7) is 3.19. The molecule has 1 amide bonds. The number of carbonyl (C=O) groups is 1. The maximum absolute atomic E-state index is 12.3. The molecular formula is C15H22F3IN4OS. The highest BCUT2D eigenvalue weighted by atomic mass is 127. The molecule has 0 saturated carbocycles. The van der Waals surface area contributed by atoms with Crippen LogP contribution in [0, 0.1) is 0 Å². The summed E-state index contributed by atoms with van der Waals surface area (Å²) in [5.74, 6) is 0.100. The van der Waals surface area contributed by atoms with Crippen molar-refractivity contribution in [2.45, 2.75) is 32.5 Å². The van der Waals surface area contributed by atoms with Crippen molar-refractivity contribution in [1.29, 1.82) is 0 Å². The number of hydrogen-bond acceptors (Lipinski definition) is 3. The fourth-order valence-corrected chi connectivity index (χ4v) is 3.26. The monoisotopic (exact) mass is 490 g/mol. The van der Waals surface area contributed by atoms with Crippen LogP contribution in [-0.2, 0) is 17.8 Å². The van der Waals surface area contributed by atoms with Gasteiger partial charge in [-0.3, -0.25) is 4.79 Å². The van der Waals surface area contributed by atoms with E-state index in [1.807, 2.05) is 18.4 Å². The van der Waals surface area contributed by atoms with E-state index in [-0.39, 0.29) is 48.9 Å². The normalized spacial score (nSPS) is 14.6. The molecule has 10 heteroatoms. The van der Waals surface area contributed by atoms with Gasteiger partial charge in [-0.15, -0.1) is 35.3 Å². The van der Waals surface area contributed by atoms with Gasteiger partial charge >= 0.3 is 6.18 Å². The Hall–Kier alpha value is -1.04. The highest BCUT2D eigenvalue weighted by molar-refractivity contribution is 14.0. The first kappa shape index (κ1) is 22.0. The number of thiophene rings is 1. The summed E-state index contributed by atoms with van der Waals surface area (Å²) in [6.07, 6.45) is -4.32. The summed E-state index contributed by atoms with van der Waals surface area (Å²) in [5, 5.41) is 7.46. The molecule has 0 radical (unpaired) electrons.